The van der Waals surface area contributed by atoms with Crippen molar-refractivity contribution in [2.75, 3.05) is 19.0 Å². The summed E-state index contributed by atoms with van der Waals surface area (Å²) in [7, 11) is 1.54. The van der Waals surface area contributed by atoms with Gasteiger partial charge in [-0.05, 0) is 19.1 Å². The Balaban J connectivity index is 1.89. The molecule has 1 unspecified atom stereocenters. The molecule has 0 saturated carbocycles. The first-order valence-corrected chi connectivity index (χ1v) is 7.05. The van der Waals surface area contributed by atoms with E-state index in [-0.39, 0.29) is 17.0 Å². The van der Waals surface area contributed by atoms with Crippen LogP contribution in [0.3, 0.4) is 0 Å². The maximum Gasteiger partial charge on any atom is 0.264 e. The molecule has 1 heterocycles. The van der Waals surface area contributed by atoms with Gasteiger partial charge in [0.15, 0.2) is 18.2 Å². The molecule has 2 rings (SSSR count). The number of benzene rings is 1. The molecule has 0 fully saturated rings. The summed E-state index contributed by atoms with van der Waals surface area (Å²) in [4.78, 5) is 11.7. The maximum absolute atomic E-state index is 13.3. The fourth-order valence-corrected chi connectivity index (χ4v) is 2.23. The molecule has 2 aromatic rings. The van der Waals surface area contributed by atoms with Gasteiger partial charge in [-0.25, -0.2) is 8.78 Å². The molecule has 9 heteroatoms. The number of ether oxygens (including phenoxy) is 2. The summed E-state index contributed by atoms with van der Waals surface area (Å²) >= 11 is 1.16. The maximum atomic E-state index is 13.3. The molecule has 0 aliphatic carbocycles. The molecule has 1 aromatic heterocycles. The Morgan fingerprint density at radius 3 is 2.86 bits per heavy atom. The van der Waals surface area contributed by atoms with Crippen LogP contribution in [0, 0.1) is 11.6 Å². The highest BCUT2D eigenvalue weighted by Crippen LogP contribution is 2.23. The SMILES string of the molecule is COC(C)c1nnc(NC(=O)COc2ccc(F)cc2F)s1. The van der Waals surface area contributed by atoms with Gasteiger partial charge in [-0.15, -0.1) is 10.2 Å². The highest BCUT2D eigenvalue weighted by atomic mass is 32.1. The van der Waals surface area contributed by atoms with Crippen LogP contribution in [0.1, 0.15) is 18.0 Å². The Bertz CT molecular complexity index is 666. The van der Waals surface area contributed by atoms with Crippen LogP contribution < -0.4 is 10.1 Å². The van der Waals surface area contributed by atoms with E-state index < -0.39 is 24.1 Å². The van der Waals surface area contributed by atoms with Gasteiger partial charge in [0.25, 0.3) is 5.91 Å². The first kappa shape index (κ1) is 16.2. The molecule has 1 N–H and O–H groups in total. The van der Waals surface area contributed by atoms with Gasteiger partial charge in [-0.3, -0.25) is 10.1 Å². The van der Waals surface area contributed by atoms with E-state index in [0.717, 1.165) is 23.5 Å². The normalized spacial score (nSPS) is 12.0. The minimum absolute atomic E-state index is 0.206. The first-order chi connectivity index (χ1) is 10.5. The van der Waals surface area contributed by atoms with Crippen LogP contribution in [0.25, 0.3) is 0 Å². The number of hydrogen-bond acceptors (Lipinski definition) is 6. The number of amides is 1. The molecule has 0 aliphatic rings. The van der Waals surface area contributed by atoms with Crippen molar-refractivity contribution in [1.82, 2.24) is 10.2 Å². The van der Waals surface area contributed by atoms with Crippen LogP contribution in [-0.4, -0.2) is 29.8 Å². The molecule has 0 saturated heterocycles. The predicted octanol–water partition coefficient (Wildman–Crippen LogP) is 2.54. The fourth-order valence-electron chi connectivity index (χ4n) is 1.44. The number of nitrogens with one attached hydrogen (secondary N) is 1. The number of rotatable bonds is 6. The van der Waals surface area contributed by atoms with E-state index in [2.05, 4.69) is 15.5 Å². The number of carbonyl (C=O) groups is 1. The number of halogens is 2. The third-order valence-corrected chi connectivity index (χ3v) is 3.64. The minimum Gasteiger partial charge on any atom is -0.481 e. The predicted molar refractivity (Wildman–Crippen MR) is 75.8 cm³/mol. The van der Waals surface area contributed by atoms with E-state index in [4.69, 9.17) is 9.47 Å². The van der Waals surface area contributed by atoms with Crippen molar-refractivity contribution in [3.8, 4) is 5.75 Å². The minimum atomic E-state index is -0.875. The van der Waals surface area contributed by atoms with Crippen LogP contribution >= 0.6 is 11.3 Å². The van der Waals surface area contributed by atoms with Crippen molar-refractivity contribution < 1.29 is 23.0 Å². The number of nitrogens with zero attached hydrogens (tertiary/aromatic N) is 2. The molecule has 0 spiro atoms. The van der Waals surface area contributed by atoms with E-state index in [0.29, 0.717) is 11.1 Å². The van der Waals surface area contributed by atoms with Gasteiger partial charge in [0.1, 0.15) is 16.9 Å². The van der Waals surface area contributed by atoms with Gasteiger partial charge in [-0.2, -0.15) is 0 Å². The van der Waals surface area contributed by atoms with Crippen molar-refractivity contribution >= 4 is 22.4 Å². The second-order valence-corrected chi connectivity index (χ2v) is 5.24. The molecule has 1 atom stereocenters. The van der Waals surface area contributed by atoms with Crippen LogP contribution in [0.5, 0.6) is 5.75 Å². The van der Waals surface area contributed by atoms with Gasteiger partial charge in [0, 0.05) is 13.2 Å². The van der Waals surface area contributed by atoms with Crippen LogP contribution in [-0.2, 0) is 9.53 Å². The van der Waals surface area contributed by atoms with Gasteiger partial charge >= 0.3 is 0 Å². The summed E-state index contributed by atoms with van der Waals surface area (Å²) in [5.41, 5.74) is 0. The van der Waals surface area contributed by atoms with E-state index in [1.807, 2.05) is 0 Å². The number of hydrogen-bond donors (Lipinski definition) is 1. The molecule has 0 aliphatic heterocycles. The van der Waals surface area contributed by atoms with E-state index in [1.54, 1.807) is 6.92 Å². The Morgan fingerprint density at radius 1 is 1.41 bits per heavy atom. The average molecular weight is 329 g/mol. The Hall–Kier alpha value is -2.13. The Kier molecular flexibility index (Phi) is 5.34. The van der Waals surface area contributed by atoms with E-state index in [1.165, 1.54) is 7.11 Å². The van der Waals surface area contributed by atoms with E-state index >= 15 is 0 Å². The monoisotopic (exact) mass is 329 g/mol. The highest BCUT2D eigenvalue weighted by molar-refractivity contribution is 7.15. The van der Waals surface area contributed by atoms with Crippen molar-refractivity contribution in [3.63, 3.8) is 0 Å². The van der Waals surface area contributed by atoms with Gasteiger partial charge in [0.05, 0.1) is 0 Å². The van der Waals surface area contributed by atoms with Crippen molar-refractivity contribution in [3.05, 3.63) is 34.8 Å². The number of carbonyl (C=O) groups excluding carboxylic acids is 1. The third kappa shape index (κ3) is 4.18. The van der Waals surface area contributed by atoms with Crippen molar-refractivity contribution in [2.24, 2.45) is 0 Å². The lowest BCUT2D eigenvalue weighted by atomic mass is 10.3. The summed E-state index contributed by atoms with van der Waals surface area (Å²) in [6.45, 7) is 1.36. The quantitative estimate of drug-likeness (QED) is 0.881. The van der Waals surface area contributed by atoms with Crippen LogP contribution in [0.15, 0.2) is 18.2 Å². The molecule has 118 valence electrons. The molecule has 1 aromatic carbocycles. The largest absolute Gasteiger partial charge is 0.481 e. The zero-order valence-electron chi connectivity index (χ0n) is 11.8. The smallest absolute Gasteiger partial charge is 0.264 e. The zero-order chi connectivity index (χ0) is 16.1. The second kappa shape index (κ2) is 7.23. The molecular weight excluding hydrogens is 316 g/mol. The van der Waals surface area contributed by atoms with Crippen molar-refractivity contribution in [1.29, 1.82) is 0 Å². The molecular formula is C13H13F2N3O3S. The lowest BCUT2D eigenvalue weighted by molar-refractivity contribution is -0.118. The lowest BCUT2D eigenvalue weighted by Gasteiger charge is -2.06. The second-order valence-electron chi connectivity index (χ2n) is 4.23. The Labute approximate surface area is 129 Å². The topological polar surface area (TPSA) is 73.3 Å². The molecule has 1 amide bonds. The fraction of sp³-hybridized carbons (Fsp3) is 0.308. The first-order valence-electron chi connectivity index (χ1n) is 6.23. The Morgan fingerprint density at radius 2 is 2.18 bits per heavy atom. The van der Waals surface area contributed by atoms with Crippen LogP contribution in [0.4, 0.5) is 13.9 Å². The summed E-state index contributed by atoms with van der Waals surface area (Å²) in [5, 5.41) is 11.0. The zero-order valence-corrected chi connectivity index (χ0v) is 12.6. The number of aromatic nitrogens is 2. The lowest BCUT2D eigenvalue weighted by Crippen LogP contribution is -2.20. The van der Waals surface area contributed by atoms with E-state index in [9.17, 15) is 13.6 Å². The van der Waals surface area contributed by atoms with Crippen LogP contribution in [0.2, 0.25) is 0 Å². The summed E-state index contributed by atoms with van der Waals surface area (Å²) < 4.78 is 36.1. The average Bonchev–Trinajstić information content (AvgIpc) is 2.94. The summed E-state index contributed by atoms with van der Waals surface area (Å²) in [6.07, 6.45) is -0.229. The molecule has 0 bridgehead atoms. The third-order valence-electron chi connectivity index (χ3n) is 2.64. The van der Waals surface area contributed by atoms with Gasteiger partial charge in [0.2, 0.25) is 5.13 Å². The van der Waals surface area contributed by atoms with Gasteiger partial charge < -0.3 is 9.47 Å². The number of methoxy groups -OCH3 is 1. The van der Waals surface area contributed by atoms with Gasteiger partial charge in [-0.1, -0.05) is 11.3 Å². The standard InChI is InChI=1S/C13H13F2N3O3S/c1-7(20-2)12-17-18-13(22-12)16-11(19)6-21-10-4-3-8(14)5-9(10)15/h3-5,7H,6H2,1-2H3,(H,16,18,19). The molecule has 0 radical (unpaired) electrons. The summed E-state index contributed by atoms with van der Waals surface area (Å²) in [6, 6.07) is 2.83. The number of anilines is 1. The highest BCUT2D eigenvalue weighted by Gasteiger charge is 2.14. The molecule has 6 nitrogen and oxygen atoms in total. The summed E-state index contributed by atoms with van der Waals surface area (Å²) in [5.74, 6) is -2.33. The van der Waals surface area contributed by atoms with Crippen molar-refractivity contribution in [2.45, 2.75) is 13.0 Å². The molecule has 22 heavy (non-hydrogen) atoms.